The third kappa shape index (κ3) is 1.71. The highest BCUT2D eigenvalue weighted by molar-refractivity contribution is 7.07. The molecule has 1 unspecified atom stereocenters. The molecule has 0 aliphatic rings. The minimum Gasteiger partial charge on any atom is -0.328 e. The van der Waals surface area contributed by atoms with Crippen LogP contribution in [0.4, 0.5) is 0 Å². The van der Waals surface area contributed by atoms with Crippen molar-refractivity contribution < 1.29 is 0 Å². The highest BCUT2D eigenvalue weighted by atomic mass is 32.1. The van der Waals surface area contributed by atoms with Crippen LogP contribution in [-0.4, -0.2) is 16.3 Å². The van der Waals surface area contributed by atoms with Crippen molar-refractivity contribution in [3.8, 4) is 0 Å². The van der Waals surface area contributed by atoms with Crippen molar-refractivity contribution in [2.75, 3.05) is 6.54 Å². The van der Waals surface area contributed by atoms with E-state index in [1.54, 1.807) is 11.3 Å². The van der Waals surface area contributed by atoms with Gasteiger partial charge in [-0.1, -0.05) is 0 Å². The van der Waals surface area contributed by atoms with Gasteiger partial charge in [-0.05, 0) is 35.4 Å². The Balaban J connectivity index is 2.31. The molecule has 1 atom stereocenters. The summed E-state index contributed by atoms with van der Waals surface area (Å²) in [5.74, 6) is 0. The minimum absolute atomic E-state index is 0.176. The second-order valence-corrected chi connectivity index (χ2v) is 4.03. The molecular formula is C10H13N3S. The van der Waals surface area contributed by atoms with E-state index in [1.807, 2.05) is 23.9 Å². The van der Waals surface area contributed by atoms with E-state index in [2.05, 4.69) is 21.9 Å². The van der Waals surface area contributed by atoms with Crippen molar-refractivity contribution in [2.45, 2.75) is 13.0 Å². The smallest absolute Gasteiger partial charge is 0.0898 e. The maximum atomic E-state index is 5.75. The van der Waals surface area contributed by atoms with E-state index >= 15 is 0 Å². The standard InChI is InChI=1S/C10H13N3S/c1-8-2-4-13(12-8)10(6-11)9-3-5-14-7-9/h2-5,7,10H,6,11H2,1H3. The summed E-state index contributed by atoms with van der Waals surface area (Å²) in [6.07, 6.45) is 1.98. The Labute approximate surface area is 87.2 Å². The zero-order valence-corrected chi connectivity index (χ0v) is 8.87. The van der Waals surface area contributed by atoms with Crippen LogP contribution in [0.5, 0.6) is 0 Å². The summed E-state index contributed by atoms with van der Waals surface area (Å²) < 4.78 is 1.93. The molecule has 0 radical (unpaired) electrons. The van der Waals surface area contributed by atoms with Gasteiger partial charge in [-0.3, -0.25) is 4.68 Å². The Bertz CT molecular complexity index is 391. The van der Waals surface area contributed by atoms with E-state index in [1.165, 1.54) is 5.56 Å². The van der Waals surface area contributed by atoms with Crippen LogP contribution in [0.15, 0.2) is 29.1 Å². The van der Waals surface area contributed by atoms with Gasteiger partial charge in [0.1, 0.15) is 0 Å². The zero-order valence-electron chi connectivity index (χ0n) is 8.05. The molecule has 0 spiro atoms. The van der Waals surface area contributed by atoms with Crippen molar-refractivity contribution >= 4 is 11.3 Å². The molecule has 2 rings (SSSR count). The van der Waals surface area contributed by atoms with Gasteiger partial charge in [-0.25, -0.2) is 0 Å². The maximum absolute atomic E-state index is 5.75. The number of nitrogens with two attached hydrogens (primary N) is 1. The van der Waals surface area contributed by atoms with Crippen LogP contribution in [0.1, 0.15) is 17.3 Å². The van der Waals surface area contributed by atoms with Crippen LogP contribution in [0.2, 0.25) is 0 Å². The first-order chi connectivity index (χ1) is 6.81. The Morgan fingerprint density at radius 3 is 2.93 bits per heavy atom. The number of thiophene rings is 1. The molecule has 0 aliphatic heterocycles. The van der Waals surface area contributed by atoms with E-state index in [4.69, 9.17) is 5.73 Å². The van der Waals surface area contributed by atoms with E-state index in [9.17, 15) is 0 Å². The van der Waals surface area contributed by atoms with Crippen LogP contribution in [0.25, 0.3) is 0 Å². The van der Waals surface area contributed by atoms with Gasteiger partial charge in [0, 0.05) is 12.7 Å². The van der Waals surface area contributed by atoms with Gasteiger partial charge in [-0.15, -0.1) is 0 Å². The molecule has 3 nitrogen and oxygen atoms in total. The molecule has 2 heterocycles. The molecule has 0 aromatic carbocycles. The average Bonchev–Trinajstić information content (AvgIpc) is 2.79. The van der Waals surface area contributed by atoms with E-state index in [0.717, 1.165) is 5.69 Å². The van der Waals surface area contributed by atoms with E-state index < -0.39 is 0 Å². The van der Waals surface area contributed by atoms with E-state index in [-0.39, 0.29) is 6.04 Å². The molecule has 2 N–H and O–H groups in total. The number of hydrogen-bond acceptors (Lipinski definition) is 3. The lowest BCUT2D eigenvalue weighted by Gasteiger charge is -2.13. The third-order valence-corrected chi connectivity index (χ3v) is 2.91. The van der Waals surface area contributed by atoms with Gasteiger partial charge in [-0.2, -0.15) is 16.4 Å². The summed E-state index contributed by atoms with van der Waals surface area (Å²) in [4.78, 5) is 0. The summed E-state index contributed by atoms with van der Waals surface area (Å²) in [6, 6.07) is 4.27. The number of nitrogens with zero attached hydrogens (tertiary/aromatic N) is 2. The molecule has 2 aromatic rings. The second-order valence-electron chi connectivity index (χ2n) is 3.25. The quantitative estimate of drug-likeness (QED) is 0.834. The van der Waals surface area contributed by atoms with Crippen LogP contribution in [-0.2, 0) is 0 Å². The molecule has 2 aromatic heterocycles. The van der Waals surface area contributed by atoms with Gasteiger partial charge in [0.2, 0.25) is 0 Å². The predicted molar refractivity (Wildman–Crippen MR) is 58.5 cm³/mol. The van der Waals surface area contributed by atoms with Crippen LogP contribution < -0.4 is 5.73 Å². The van der Waals surface area contributed by atoms with Crippen molar-refractivity contribution in [3.05, 3.63) is 40.3 Å². The first-order valence-electron chi connectivity index (χ1n) is 4.55. The highest BCUT2D eigenvalue weighted by Gasteiger charge is 2.12. The zero-order chi connectivity index (χ0) is 9.97. The van der Waals surface area contributed by atoms with Gasteiger partial charge >= 0.3 is 0 Å². The molecule has 0 aliphatic carbocycles. The molecule has 0 amide bonds. The molecular weight excluding hydrogens is 194 g/mol. The minimum atomic E-state index is 0.176. The lowest BCUT2D eigenvalue weighted by Crippen LogP contribution is -2.20. The monoisotopic (exact) mass is 207 g/mol. The van der Waals surface area contributed by atoms with Crippen LogP contribution >= 0.6 is 11.3 Å². The van der Waals surface area contributed by atoms with Gasteiger partial charge in [0.05, 0.1) is 11.7 Å². The Morgan fingerprint density at radius 2 is 2.43 bits per heavy atom. The molecule has 0 bridgehead atoms. The van der Waals surface area contributed by atoms with Crippen molar-refractivity contribution in [2.24, 2.45) is 5.73 Å². The molecule has 0 fully saturated rings. The lowest BCUT2D eigenvalue weighted by molar-refractivity contribution is 0.530. The number of aryl methyl sites for hydroxylation is 1. The van der Waals surface area contributed by atoms with Gasteiger partial charge in [0.15, 0.2) is 0 Å². The summed E-state index contributed by atoms with van der Waals surface area (Å²) in [6.45, 7) is 2.57. The summed E-state index contributed by atoms with van der Waals surface area (Å²) in [5.41, 5.74) is 8.01. The van der Waals surface area contributed by atoms with Crippen LogP contribution in [0.3, 0.4) is 0 Å². The average molecular weight is 207 g/mol. The maximum Gasteiger partial charge on any atom is 0.0898 e. The number of hydrogen-bond donors (Lipinski definition) is 1. The fraction of sp³-hybridized carbons (Fsp3) is 0.300. The fourth-order valence-electron chi connectivity index (χ4n) is 1.47. The normalized spacial score (nSPS) is 13.0. The Hall–Kier alpha value is -1.13. The van der Waals surface area contributed by atoms with Gasteiger partial charge < -0.3 is 5.73 Å². The van der Waals surface area contributed by atoms with Crippen molar-refractivity contribution in [3.63, 3.8) is 0 Å². The Morgan fingerprint density at radius 1 is 1.57 bits per heavy atom. The predicted octanol–water partition coefficient (Wildman–Crippen LogP) is 1.80. The molecule has 4 heteroatoms. The molecule has 74 valence electrons. The topological polar surface area (TPSA) is 43.8 Å². The van der Waals surface area contributed by atoms with Crippen LogP contribution in [0, 0.1) is 6.92 Å². The van der Waals surface area contributed by atoms with E-state index in [0.29, 0.717) is 6.54 Å². The highest BCUT2D eigenvalue weighted by Crippen LogP contribution is 2.19. The first-order valence-corrected chi connectivity index (χ1v) is 5.49. The number of rotatable bonds is 3. The van der Waals surface area contributed by atoms with Crippen molar-refractivity contribution in [1.82, 2.24) is 9.78 Å². The largest absolute Gasteiger partial charge is 0.328 e. The second kappa shape index (κ2) is 3.94. The molecule has 0 saturated heterocycles. The SMILES string of the molecule is Cc1ccn(C(CN)c2ccsc2)n1. The first kappa shape index (κ1) is 9.43. The summed E-state index contributed by atoms with van der Waals surface area (Å²) in [5, 5.41) is 8.56. The van der Waals surface area contributed by atoms with Crippen molar-refractivity contribution in [1.29, 1.82) is 0 Å². The fourth-order valence-corrected chi connectivity index (χ4v) is 2.18. The summed E-state index contributed by atoms with van der Waals surface area (Å²) in [7, 11) is 0. The number of aromatic nitrogens is 2. The molecule has 14 heavy (non-hydrogen) atoms. The Kier molecular flexibility index (Phi) is 2.65. The van der Waals surface area contributed by atoms with Gasteiger partial charge in [0.25, 0.3) is 0 Å². The third-order valence-electron chi connectivity index (χ3n) is 2.21. The summed E-state index contributed by atoms with van der Waals surface area (Å²) >= 11 is 1.69. The molecule has 0 saturated carbocycles. The lowest BCUT2D eigenvalue weighted by atomic mass is 10.1.